The summed E-state index contributed by atoms with van der Waals surface area (Å²) in [6.45, 7) is 2.78. The smallest absolute Gasteiger partial charge is 0.228 e. The molecule has 6 heteroatoms. The molecule has 27 heavy (non-hydrogen) atoms. The minimum Gasteiger partial charge on any atom is -0.352 e. The van der Waals surface area contributed by atoms with E-state index in [2.05, 4.69) is 10.6 Å². The highest BCUT2D eigenvalue weighted by Gasteiger charge is 2.35. The van der Waals surface area contributed by atoms with Gasteiger partial charge in [-0.3, -0.25) is 14.4 Å². The van der Waals surface area contributed by atoms with E-state index in [4.69, 9.17) is 0 Å². The predicted octanol–water partition coefficient (Wildman–Crippen LogP) is 2.16. The summed E-state index contributed by atoms with van der Waals surface area (Å²) in [6, 6.07) is 13.4. The summed E-state index contributed by atoms with van der Waals surface area (Å²) in [5.41, 5.74) is 4.69. The van der Waals surface area contributed by atoms with Crippen LogP contribution >= 0.6 is 0 Å². The molecular weight excluding hydrogens is 342 g/mol. The first-order valence-corrected chi connectivity index (χ1v) is 9.06. The number of aryl methyl sites for hydroxylation is 1. The lowest BCUT2D eigenvalue weighted by Crippen LogP contribution is -2.32. The number of nitrogens with one attached hydrogen (secondary N) is 2. The molecular formula is C21H21N3O3. The molecule has 4 rings (SSSR count). The lowest BCUT2D eigenvalue weighted by Gasteiger charge is -2.17. The summed E-state index contributed by atoms with van der Waals surface area (Å²) in [5.74, 6) is -0.503. The van der Waals surface area contributed by atoms with Crippen LogP contribution in [-0.2, 0) is 27.3 Å². The molecule has 2 N–H and O–H groups in total. The average molecular weight is 363 g/mol. The van der Waals surface area contributed by atoms with Gasteiger partial charge in [-0.05, 0) is 36.2 Å². The second kappa shape index (κ2) is 6.87. The molecule has 0 saturated carbocycles. The summed E-state index contributed by atoms with van der Waals surface area (Å²) in [6.07, 6.45) is 0.599. The molecule has 2 aromatic carbocycles. The average Bonchev–Trinajstić information content (AvgIpc) is 3.21. The molecule has 2 aromatic rings. The van der Waals surface area contributed by atoms with Gasteiger partial charge in [0.1, 0.15) is 0 Å². The first-order chi connectivity index (χ1) is 13.0. The number of hydrogen-bond donors (Lipinski definition) is 2. The molecule has 2 aliphatic rings. The Morgan fingerprint density at radius 2 is 1.96 bits per heavy atom. The standard InChI is InChI=1S/C21H21N3O3/c1-13-2-5-17(6-3-13)24-12-16(10-20(24)26)21(27)22-11-14-4-7-18-15(8-14)9-19(25)23-18/h2-8,16H,9-12H2,1H3,(H,22,27)(H,23,25). The van der Waals surface area contributed by atoms with Crippen LogP contribution in [0.15, 0.2) is 42.5 Å². The van der Waals surface area contributed by atoms with Crippen LogP contribution in [0.4, 0.5) is 11.4 Å². The molecule has 0 bridgehead atoms. The third-order valence-electron chi connectivity index (χ3n) is 5.10. The van der Waals surface area contributed by atoms with Gasteiger partial charge in [0.05, 0.1) is 12.3 Å². The summed E-state index contributed by atoms with van der Waals surface area (Å²) >= 11 is 0. The highest BCUT2D eigenvalue weighted by molar-refractivity contribution is 6.00. The van der Waals surface area contributed by atoms with Crippen molar-refractivity contribution in [2.75, 3.05) is 16.8 Å². The van der Waals surface area contributed by atoms with Crippen molar-refractivity contribution in [1.82, 2.24) is 5.32 Å². The van der Waals surface area contributed by atoms with E-state index in [9.17, 15) is 14.4 Å². The fraction of sp³-hybridized carbons (Fsp3) is 0.286. The zero-order valence-electron chi connectivity index (χ0n) is 15.1. The molecule has 0 radical (unpaired) electrons. The molecule has 1 fully saturated rings. The maximum atomic E-state index is 12.5. The number of carbonyl (C=O) groups excluding carboxylic acids is 3. The zero-order valence-corrected chi connectivity index (χ0v) is 15.1. The van der Waals surface area contributed by atoms with Gasteiger partial charge in [0.15, 0.2) is 0 Å². The van der Waals surface area contributed by atoms with Gasteiger partial charge in [-0.2, -0.15) is 0 Å². The molecule has 1 unspecified atom stereocenters. The van der Waals surface area contributed by atoms with Gasteiger partial charge in [0.25, 0.3) is 0 Å². The van der Waals surface area contributed by atoms with Crippen LogP contribution in [0.25, 0.3) is 0 Å². The van der Waals surface area contributed by atoms with Crippen molar-refractivity contribution in [2.45, 2.75) is 26.3 Å². The number of anilines is 2. The van der Waals surface area contributed by atoms with E-state index < -0.39 is 0 Å². The molecule has 0 aliphatic carbocycles. The van der Waals surface area contributed by atoms with E-state index in [0.717, 1.165) is 28.1 Å². The third kappa shape index (κ3) is 3.56. The monoisotopic (exact) mass is 363 g/mol. The Balaban J connectivity index is 1.36. The van der Waals surface area contributed by atoms with Crippen molar-refractivity contribution in [3.8, 4) is 0 Å². The number of rotatable bonds is 4. The zero-order chi connectivity index (χ0) is 19.0. The number of benzene rings is 2. The van der Waals surface area contributed by atoms with Crippen LogP contribution in [0, 0.1) is 12.8 Å². The summed E-state index contributed by atoms with van der Waals surface area (Å²) in [7, 11) is 0. The van der Waals surface area contributed by atoms with Gasteiger partial charge in [0, 0.05) is 30.9 Å². The predicted molar refractivity (Wildman–Crippen MR) is 102 cm³/mol. The Labute approximate surface area is 157 Å². The molecule has 0 spiro atoms. The summed E-state index contributed by atoms with van der Waals surface area (Å²) < 4.78 is 0. The van der Waals surface area contributed by atoms with Gasteiger partial charge in [-0.25, -0.2) is 0 Å². The van der Waals surface area contributed by atoms with Crippen LogP contribution in [0.5, 0.6) is 0 Å². The van der Waals surface area contributed by atoms with Gasteiger partial charge in [-0.1, -0.05) is 29.8 Å². The lowest BCUT2D eigenvalue weighted by atomic mass is 10.1. The van der Waals surface area contributed by atoms with Crippen molar-refractivity contribution in [3.05, 3.63) is 59.2 Å². The van der Waals surface area contributed by atoms with Crippen LogP contribution in [-0.4, -0.2) is 24.3 Å². The highest BCUT2D eigenvalue weighted by Crippen LogP contribution is 2.26. The third-order valence-corrected chi connectivity index (χ3v) is 5.10. The topological polar surface area (TPSA) is 78.5 Å². The second-order valence-electron chi connectivity index (χ2n) is 7.18. The van der Waals surface area contributed by atoms with Gasteiger partial charge in [-0.15, -0.1) is 0 Å². The second-order valence-corrected chi connectivity index (χ2v) is 7.18. The van der Waals surface area contributed by atoms with Crippen molar-refractivity contribution in [3.63, 3.8) is 0 Å². The molecule has 2 aliphatic heterocycles. The number of nitrogens with zero attached hydrogens (tertiary/aromatic N) is 1. The van der Waals surface area contributed by atoms with E-state index in [1.54, 1.807) is 4.90 Å². The maximum absolute atomic E-state index is 12.5. The van der Waals surface area contributed by atoms with E-state index >= 15 is 0 Å². The van der Waals surface area contributed by atoms with E-state index in [1.165, 1.54) is 0 Å². The van der Waals surface area contributed by atoms with Crippen molar-refractivity contribution in [2.24, 2.45) is 5.92 Å². The molecule has 0 aromatic heterocycles. The van der Waals surface area contributed by atoms with E-state index in [1.807, 2.05) is 49.4 Å². The Hall–Kier alpha value is -3.15. The van der Waals surface area contributed by atoms with Gasteiger partial charge < -0.3 is 15.5 Å². The number of carbonyl (C=O) groups is 3. The van der Waals surface area contributed by atoms with Gasteiger partial charge >= 0.3 is 0 Å². The summed E-state index contributed by atoms with van der Waals surface area (Å²) in [5, 5.41) is 5.72. The van der Waals surface area contributed by atoms with Crippen LogP contribution < -0.4 is 15.5 Å². The van der Waals surface area contributed by atoms with Gasteiger partial charge in [0.2, 0.25) is 17.7 Å². The van der Waals surface area contributed by atoms with Crippen molar-refractivity contribution in [1.29, 1.82) is 0 Å². The minimum absolute atomic E-state index is 0.00755. The molecule has 6 nitrogen and oxygen atoms in total. The maximum Gasteiger partial charge on any atom is 0.228 e. The Morgan fingerprint density at radius 3 is 2.74 bits per heavy atom. The Morgan fingerprint density at radius 1 is 1.19 bits per heavy atom. The molecule has 1 saturated heterocycles. The number of fused-ring (bicyclic) bond motifs is 1. The molecule has 1 atom stereocenters. The van der Waals surface area contributed by atoms with E-state index in [-0.39, 0.29) is 30.1 Å². The molecule has 138 valence electrons. The van der Waals surface area contributed by atoms with Crippen LogP contribution in [0.1, 0.15) is 23.1 Å². The lowest BCUT2D eigenvalue weighted by molar-refractivity contribution is -0.126. The fourth-order valence-corrected chi connectivity index (χ4v) is 3.58. The summed E-state index contributed by atoms with van der Waals surface area (Å²) in [4.78, 5) is 37.9. The Bertz CT molecular complexity index is 921. The molecule has 3 amide bonds. The minimum atomic E-state index is -0.350. The number of hydrogen-bond acceptors (Lipinski definition) is 3. The number of amides is 3. The normalized spacial score (nSPS) is 18.4. The quantitative estimate of drug-likeness (QED) is 0.874. The molecule has 2 heterocycles. The highest BCUT2D eigenvalue weighted by atomic mass is 16.2. The SMILES string of the molecule is Cc1ccc(N2CC(C(=O)NCc3ccc4c(c3)CC(=O)N4)CC2=O)cc1. The van der Waals surface area contributed by atoms with E-state index in [0.29, 0.717) is 19.5 Å². The Kier molecular flexibility index (Phi) is 4.39. The first-order valence-electron chi connectivity index (χ1n) is 9.06. The fourth-order valence-electron chi connectivity index (χ4n) is 3.58. The van der Waals surface area contributed by atoms with Crippen molar-refractivity contribution < 1.29 is 14.4 Å². The van der Waals surface area contributed by atoms with Crippen LogP contribution in [0.3, 0.4) is 0 Å². The van der Waals surface area contributed by atoms with Crippen molar-refractivity contribution >= 4 is 29.1 Å². The van der Waals surface area contributed by atoms with Crippen LogP contribution in [0.2, 0.25) is 0 Å². The first kappa shape index (κ1) is 17.3. The largest absolute Gasteiger partial charge is 0.352 e.